The first-order valence-corrected chi connectivity index (χ1v) is 8.14. The molecule has 2 aliphatic rings. The zero-order valence-electron chi connectivity index (χ0n) is 13.4. The molecular formula is C17H23ClO4. The molecule has 5 heteroatoms. The van der Waals surface area contributed by atoms with Crippen LogP contribution in [0.1, 0.15) is 33.3 Å². The molecule has 4 nitrogen and oxygen atoms in total. The largest absolute Gasteiger partial charge is 0.368 e. The summed E-state index contributed by atoms with van der Waals surface area (Å²) in [5.74, 6) is -0.386. The highest BCUT2D eigenvalue weighted by Gasteiger charge is 2.56. The van der Waals surface area contributed by atoms with Crippen LogP contribution in [-0.2, 0) is 25.6 Å². The Morgan fingerprint density at radius 1 is 1.27 bits per heavy atom. The fraction of sp³-hybridized carbons (Fsp3) is 0.647. The molecule has 1 aromatic carbocycles. The van der Waals surface area contributed by atoms with Crippen molar-refractivity contribution >= 4 is 11.6 Å². The quantitative estimate of drug-likeness (QED) is 0.844. The van der Waals surface area contributed by atoms with Crippen molar-refractivity contribution in [1.82, 2.24) is 0 Å². The van der Waals surface area contributed by atoms with Gasteiger partial charge in [0.1, 0.15) is 12.2 Å². The third-order valence-corrected chi connectivity index (χ3v) is 4.93. The van der Waals surface area contributed by atoms with Crippen LogP contribution < -0.4 is 0 Å². The van der Waals surface area contributed by atoms with E-state index >= 15 is 0 Å². The van der Waals surface area contributed by atoms with Gasteiger partial charge in [0, 0.05) is 10.9 Å². The van der Waals surface area contributed by atoms with Crippen LogP contribution in [0.15, 0.2) is 24.3 Å². The summed E-state index contributed by atoms with van der Waals surface area (Å²) in [7, 11) is 0. The Hall–Kier alpha value is -0.650. The van der Waals surface area contributed by atoms with Crippen molar-refractivity contribution in [2.75, 3.05) is 0 Å². The first-order valence-electron chi connectivity index (χ1n) is 7.77. The van der Waals surface area contributed by atoms with Crippen molar-refractivity contribution < 1.29 is 18.9 Å². The van der Waals surface area contributed by atoms with Crippen molar-refractivity contribution in [2.45, 2.75) is 64.7 Å². The highest BCUT2D eigenvalue weighted by molar-refractivity contribution is 6.31. The van der Waals surface area contributed by atoms with E-state index in [2.05, 4.69) is 13.8 Å². The lowest BCUT2D eigenvalue weighted by Crippen LogP contribution is -2.39. The Balaban J connectivity index is 1.68. The zero-order chi connectivity index (χ0) is 15.9. The van der Waals surface area contributed by atoms with E-state index in [4.69, 9.17) is 30.5 Å². The number of fused-ring (bicyclic) bond motifs is 1. The third kappa shape index (κ3) is 2.91. The van der Waals surface area contributed by atoms with Gasteiger partial charge in [-0.2, -0.15) is 0 Å². The van der Waals surface area contributed by atoms with Gasteiger partial charge >= 0.3 is 0 Å². The van der Waals surface area contributed by atoms with Gasteiger partial charge in [0.05, 0.1) is 12.7 Å². The Labute approximate surface area is 136 Å². The lowest BCUT2D eigenvalue weighted by atomic mass is 10.1. The summed E-state index contributed by atoms with van der Waals surface area (Å²) >= 11 is 6.18. The predicted molar refractivity (Wildman–Crippen MR) is 83.6 cm³/mol. The van der Waals surface area contributed by atoms with Gasteiger partial charge in [-0.3, -0.25) is 0 Å². The molecule has 0 amide bonds. The fourth-order valence-electron chi connectivity index (χ4n) is 2.84. The topological polar surface area (TPSA) is 36.9 Å². The molecule has 0 aliphatic carbocycles. The van der Waals surface area contributed by atoms with Crippen LogP contribution in [-0.4, -0.2) is 30.4 Å². The molecule has 0 saturated carbocycles. The van der Waals surface area contributed by atoms with Crippen LogP contribution in [0, 0.1) is 5.92 Å². The van der Waals surface area contributed by atoms with Gasteiger partial charge in [0.2, 0.25) is 0 Å². The van der Waals surface area contributed by atoms with Crippen molar-refractivity contribution in [1.29, 1.82) is 0 Å². The molecule has 3 rings (SSSR count). The lowest BCUT2D eigenvalue weighted by Gasteiger charge is -2.30. The molecule has 122 valence electrons. The number of benzene rings is 1. The van der Waals surface area contributed by atoms with Crippen LogP contribution in [0.5, 0.6) is 0 Å². The van der Waals surface area contributed by atoms with E-state index < -0.39 is 5.79 Å². The summed E-state index contributed by atoms with van der Waals surface area (Å²) in [6, 6.07) is 7.69. The van der Waals surface area contributed by atoms with Gasteiger partial charge in [-0.05, 0) is 25.5 Å². The minimum atomic E-state index is -0.624. The van der Waals surface area contributed by atoms with Gasteiger partial charge in [0.25, 0.3) is 0 Å². The number of hydrogen-bond donors (Lipinski definition) is 0. The molecular weight excluding hydrogens is 304 g/mol. The summed E-state index contributed by atoms with van der Waals surface area (Å²) in [6.45, 7) is 8.52. The summed E-state index contributed by atoms with van der Waals surface area (Å²) in [5.41, 5.74) is 0.963. The maximum atomic E-state index is 6.18. The lowest BCUT2D eigenvalue weighted by molar-refractivity contribution is -0.245. The van der Waals surface area contributed by atoms with Crippen molar-refractivity contribution in [3.05, 3.63) is 34.9 Å². The van der Waals surface area contributed by atoms with E-state index in [9.17, 15) is 0 Å². The SMILES string of the molecule is CC(C)C1(C)O[C@H]2O[C@H](C)[C@H](OCc3ccccc3Cl)[C@H]2O1. The smallest absolute Gasteiger partial charge is 0.190 e. The maximum absolute atomic E-state index is 6.18. The van der Waals surface area contributed by atoms with Crippen molar-refractivity contribution in [3.8, 4) is 0 Å². The first-order chi connectivity index (χ1) is 10.4. The molecule has 5 atom stereocenters. The van der Waals surface area contributed by atoms with Gasteiger partial charge in [-0.15, -0.1) is 0 Å². The van der Waals surface area contributed by atoms with Crippen LogP contribution >= 0.6 is 11.6 Å². The van der Waals surface area contributed by atoms with E-state index in [1.165, 1.54) is 0 Å². The minimum absolute atomic E-state index is 0.0748. The highest BCUT2D eigenvalue weighted by Crippen LogP contribution is 2.42. The third-order valence-electron chi connectivity index (χ3n) is 4.56. The standard InChI is InChI=1S/C17H23ClO4/c1-10(2)17(4)21-15-14(11(3)20-16(15)22-17)19-9-12-7-5-6-8-13(12)18/h5-8,10-11,14-16H,9H2,1-4H3/t11-,14+,15-,16-,17?/m1/s1. The molecule has 0 bridgehead atoms. The van der Waals surface area contributed by atoms with Gasteiger partial charge in [0.15, 0.2) is 12.1 Å². The molecule has 1 aromatic rings. The second-order valence-electron chi connectivity index (χ2n) is 6.45. The van der Waals surface area contributed by atoms with Crippen molar-refractivity contribution in [3.63, 3.8) is 0 Å². The maximum Gasteiger partial charge on any atom is 0.190 e. The molecule has 2 saturated heterocycles. The molecule has 0 aromatic heterocycles. The predicted octanol–water partition coefficient (Wildman–Crippen LogP) is 3.76. The van der Waals surface area contributed by atoms with E-state index in [-0.39, 0.29) is 30.5 Å². The molecule has 2 fully saturated rings. The molecule has 1 unspecified atom stereocenters. The summed E-state index contributed by atoms with van der Waals surface area (Å²) in [5, 5.41) is 0.709. The fourth-order valence-corrected chi connectivity index (χ4v) is 3.03. The Morgan fingerprint density at radius 3 is 2.68 bits per heavy atom. The van der Waals surface area contributed by atoms with Crippen molar-refractivity contribution in [2.24, 2.45) is 5.92 Å². The van der Waals surface area contributed by atoms with Gasteiger partial charge < -0.3 is 18.9 Å². The van der Waals surface area contributed by atoms with E-state index in [1.807, 2.05) is 38.1 Å². The highest BCUT2D eigenvalue weighted by atomic mass is 35.5. The Kier molecular flexibility index (Phi) is 4.49. The average molecular weight is 327 g/mol. The van der Waals surface area contributed by atoms with Crippen LogP contribution in [0.3, 0.4) is 0 Å². The minimum Gasteiger partial charge on any atom is -0.368 e. The van der Waals surface area contributed by atoms with Gasteiger partial charge in [-0.25, -0.2) is 0 Å². The normalized spacial score (nSPS) is 37.7. The van der Waals surface area contributed by atoms with E-state index in [1.54, 1.807) is 0 Å². The van der Waals surface area contributed by atoms with Gasteiger partial charge in [-0.1, -0.05) is 43.6 Å². The monoisotopic (exact) mass is 326 g/mol. The molecule has 2 heterocycles. The van der Waals surface area contributed by atoms with Crippen LogP contribution in [0.25, 0.3) is 0 Å². The number of halogens is 1. The van der Waals surface area contributed by atoms with Crippen LogP contribution in [0.2, 0.25) is 5.02 Å². The Bertz CT molecular complexity index is 535. The van der Waals surface area contributed by atoms with Crippen LogP contribution in [0.4, 0.5) is 0 Å². The van der Waals surface area contributed by atoms with E-state index in [0.717, 1.165) is 5.56 Å². The molecule has 2 aliphatic heterocycles. The molecule has 0 N–H and O–H groups in total. The molecule has 0 radical (unpaired) electrons. The molecule has 0 spiro atoms. The summed E-state index contributed by atoms with van der Waals surface area (Å²) in [4.78, 5) is 0. The second kappa shape index (κ2) is 6.10. The zero-order valence-corrected chi connectivity index (χ0v) is 14.2. The van der Waals surface area contributed by atoms with E-state index in [0.29, 0.717) is 11.6 Å². The summed E-state index contributed by atoms with van der Waals surface area (Å²) in [6.07, 6.45) is -0.806. The number of hydrogen-bond acceptors (Lipinski definition) is 4. The number of rotatable bonds is 4. The summed E-state index contributed by atoms with van der Waals surface area (Å²) < 4.78 is 24.0. The average Bonchev–Trinajstić information content (AvgIpc) is 2.92. The second-order valence-corrected chi connectivity index (χ2v) is 6.85. The first kappa shape index (κ1) is 16.2. The Morgan fingerprint density at radius 2 is 2.00 bits per heavy atom. The molecule has 22 heavy (non-hydrogen) atoms. The number of ether oxygens (including phenoxy) is 4.